The predicted molar refractivity (Wildman–Crippen MR) is 304 cm³/mol. The van der Waals surface area contributed by atoms with Crippen molar-refractivity contribution in [3.05, 3.63) is 0 Å². The maximum Gasteiger partial charge on any atom is 0.404 e. The summed E-state index contributed by atoms with van der Waals surface area (Å²) in [5.41, 5.74) is -2.56. The van der Waals surface area contributed by atoms with E-state index in [9.17, 15) is 46.7 Å². The molecule has 7 aliphatic carbocycles. The fourth-order valence-electron chi connectivity index (χ4n) is 10.6. The number of hydrogen-bond donors (Lipinski definition) is 0. The van der Waals surface area contributed by atoms with Crippen molar-refractivity contribution < 1.29 is 79.9 Å². The monoisotopic (exact) mass is 1290 g/mol. The second-order valence-corrected chi connectivity index (χ2v) is 23.0. The highest BCUT2D eigenvalue weighted by molar-refractivity contribution is 6.19. The van der Waals surface area contributed by atoms with E-state index in [0.29, 0.717) is 25.2 Å². The number of alkyl halides is 10. The van der Waals surface area contributed by atoms with Gasteiger partial charge >= 0.3 is 48.0 Å². The van der Waals surface area contributed by atoms with Gasteiger partial charge in [-0.25, -0.2) is 0 Å². The van der Waals surface area contributed by atoms with Crippen molar-refractivity contribution in [2.24, 2.45) is 46.3 Å². The minimum Gasteiger partial charge on any atom is -0.449 e. The zero-order valence-corrected chi connectivity index (χ0v) is 52.1. The molecule has 0 saturated heterocycles. The Morgan fingerprint density at radius 3 is 1.05 bits per heavy atom. The first kappa shape index (κ1) is 76.1. The highest BCUT2D eigenvalue weighted by Crippen LogP contribution is 2.51. The minimum atomic E-state index is -4.54. The molecular weight excluding hydrogens is 1200 g/mol. The topological polar surface area (TPSA) is 184 Å². The summed E-state index contributed by atoms with van der Waals surface area (Å²) in [6.07, 6.45) is 25.2. The molecule has 0 heterocycles. The van der Waals surface area contributed by atoms with Gasteiger partial charge in [0, 0.05) is 6.42 Å². The molecule has 0 aliphatic heterocycles. The Morgan fingerprint density at radius 1 is 0.388 bits per heavy atom. The average Bonchev–Trinajstić information content (AvgIpc) is 4.17. The summed E-state index contributed by atoms with van der Waals surface area (Å²) in [5, 5.41) is 0. The molecule has 0 spiro atoms. The van der Waals surface area contributed by atoms with E-state index in [1.165, 1.54) is 44.9 Å². The SMILES string of the molecule is CC1(C(=O)OCCl)CCCCC1.CC1CCC(C(=O)OCCl)CC1.O=C(CC1CCCCC1)OCCl.O=C(OCCl)C1(C(F)(F)F)CCCC1.O=C(OCCl)C1CCC1.O=C(OCCl)C1CCCC1.O=C(OCCl)C1CCCCC1. The summed E-state index contributed by atoms with van der Waals surface area (Å²) in [4.78, 5) is 77.6. The highest BCUT2D eigenvalue weighted by atomic mass is 35.5. The molecule has 7 saturated carbocycles. The Labute approximate surface area is 507 Å². The van der Waals surface area contributed by atoms with Crippen LogP contribution in [-0.2, 0) is 66.7 Å². The fourth-order valence-corrected chi connectivity index (χ4v) is 11.4. The number of carbonyl (C=O) groups excluding carboxylic acids is 7. The van der Waals surface area contributed by atoms with E-state index in [1.807, 2.05) is 6.92 Å². The zero-order valence-electron chi connectivity index (χ0n) is 46.8. The average molecular weight is 1290 g/mol. The smallest absolute Gasteiger partial charge is 0.404 e. The summed E-state index contributed by atoms with van der Waals surface area (Å²) in [7, 11) is 0. The van der Waals surface area contributed by atoms with Crippen molar-refractivity contribution in [1.29, 1.82) is 0 Å². The summed E-state index contributed by atoms with van der Waals surface area (Å²) in [6.45, 7) is 4.20. The summed E-state index contributed by atoms with van der Waals surface area (Å²) in [5.74, 6) is -0.128. The van der Waals surface area contributed by atoms with E-state index in [0.717, 1.165) is 128 Å². The van der Waals surface area contributed by atoms with Gasteiger partial charge in [-0.3, -0.25) is 33.6 Å². The third-order valence-electron chi connectivity index (χ3n) is 15.8. The highest BCUT2D eigenvalue weighted by Gasteiger charge is 2.62. The Balaban J connectivity index is 0.000000468. The molecule has 24 heteroatoms. The molecular formula is C56H88Cl7F3O14. The molecule has 80 heavy (non-hydrogen) atoms. The maximum absolute atomic E-state index is 12.6. The molecule has 7 fully saturated rings. The van der Waals surface area contributed by atoms with E-state index < -0.39 is 23.6 Å². The van der Waals surface area contributed by atoms with Gasteiger partial charge in [-0.2, -0.15) is 13.2 Å². The standard InChI is InChI=1S/3C9H15ClO2.C8H10ClF3O2.C8H13ClO2.C7H11ClO2.C6H9ClO2/c1-7-2-4-8(5-3-7)9(11)12-6-10;1-9(8(11)12-7-10)5-3-2-4-6-9;10-7-12-9(11)6-8-4-2-1-3-5-8;9-5-14-6(13)7(8(10,11)12)3-1-2-4-7;9-6-11-8(10)7-4-2-1-3-5-7;8-5-10-7(9)6-3-1-2-4-6;7-4-9-6(8)5-2-1-3-5/h7-8H,2-6H2,1H3;2-7H2,1H3;8H,1-7H2;1-5H2;7H,1-6H2;6H,1-5H2;5H,1-4H2. The van der Waals surface area contributed by atoms with Crippen LogP contribution in [0.2, 0.25) is 0 Å². The molecule has 14 nitrogen and oxygen atoms in total. The molecule has 0 aromatic carbocycles. The molecule has 0 bridgehead atoms. The van der Waals surface area contributed by atoms with Gasteiger partial charge in [-0.1, -0.05) is 178 Å². The fraction of sp³-hybridized carbons (Fsp3) is 0.875. The molecule has 0 unspecified atom stereocenters. The van der Waals surface area contributed by atoms with Crippen LogP contribution in [0.4, 0.5) is 13.2 Å². The molecule has 7 aliphatic rings. The normalized spacial score (nSPS) is 21.5. The number of carbonyl (C=O) groups is 7. The van der Waals surface area contributed by atoms with Gasteiger partial charge in [0.25, 0.3) is 0 Å². The van der Waals surface area contributed by atoms with Crippen molar-refractivity contribution >= 4 is 123 Å². The van der Waals surface area contributed by atoms with Gasteiger partial charge in [0.15, 0.2) is 47.9 Å². The molecule has 0 atom stereocenters. The van der Waals surface area contributed by atoms with E-state index >= 15 is 0 Å². The van der Waals surface area contributed by atoms with Crippen molar-refractivity contribution in [2.75, 3.05) is 42.5 Å². The number of halogens is 10. The molecule has 0 radical (unpaired) electrons. The second-order valence-electron chi connectivity index (χ2n) is 21.5. The van der Waals surface area contributed by atoms with Crippen LogP contribution < -0.4 is 0 Å². The lowest BCUT2D eigenvalue weighted by molar-refractivity contribution is -0.232. The van der Waals surface area contributed by atoms with E-state index in [1.54, 1.807) is 0 Å². The molecule has 0 aromatic heterocycles. The van der Waals surface area contributed by atoms with Gasteiger partial charge < -0.3 is 33.2 Å². The van der Waals surface area contributed by atoms with E-state index in [2.05, 4.69) is 25.9 Å². The van der Waals surface area contributed by atoms with Crippen LogP contribution >= 0.6 is 81.2 Å². The van der Waals surface area contributed by atoms with Crippen LogP contribution in [0.25, 0.3) is 0 Å². The van der Waals surface area contributed by atoms with Gasteiger partial charge in [0.1, 0.15) is 0 Å². The lowest BCUT2D eigenvalue weighted by Crippen LogP contribution is -2.43. The molecule has 7 rings (SSSR count). The predicted octanol–water partition coefficient (Wildman–Crippen LogP) is 16.5. The minimum absolute atomic E-state index is 0.00463. The maximum atomic E-state index is 12.6. The van der Waals surface area contributed by atoms with Crippen LogP contribution in [-0.4, -0.2) is 90.4 Å². The van der Waals surface area contributed by atoms with Crippen molar-refractivity contribution in [2.45, 2.75) is 219 Å². The lowest BCUT2D eigenvalue weighted by Gasteiger charge is -2.30. The Morgan fingerprint density at radius 2 is 0.700 bits per heavy atom. The molecule has 0 amide bonds. The van der Waals surface area contributed by atoms with Crippen molar-refractivity contribution in [3.8, 4) is 0 Å². The first-order chi connectivity index (χ1) is 38.2. The van der Waals surface area contributed by atoms with Crippen LogP contribution in [0.3, 0.4) is 0 Å². The van der Waals surface area contributed by atoms with Crippen LogP contribution in [0.5, 0.6) is 0 Å². The third kappa shape index (κ3) is 30.8. The number of esters is 7. The Hall–Kier alpha value is -1.89. The van der Waals surface area contributed by atoms with Gasteiger partial charge in [-0.15, -0.1) is 0 Å². The van der Waals surface area contributed by atoms with Crippen LogP contribution in [0.1, 0.15) is 213 Å². The number of ether oxygens (including phenoxy) is 7. The third-order valence-corrected chi connectivity index (χ3v) is 16.6. The first-order valence-corrected chi connectivity index (χ1v) is 32.1. The van der Waals surface area contributed by atoms with Crippen LogP contribution in [0.15, 0.2) is 0 Å². The van der Waals surface area contributed by atoms with Crippen LogP contribution in [0, 0.1) is 46.3 Å². The van der Waals surface area contributed by atoms with E-state index in [-0.39, 0.29) is 114 Å². The first-order valence-electron chi connectivity index (χ1n) is 28.4. The van der Waals surface area contributed by atoms with E-state index in [4.69, 9.17) is 95.4 Å². The lowest BCUT2D eigenvalue weighted by atomic mass is 9.76. The zero-order chi connectivity index (χ0) is 59.8. The Bertz CT molecular complexity index is 1730. The number of hydrogen-bond acceptors (Lipinski definition) is 14. The summed E-state index contributed by atoms with van der Waals surface area (Å²) < 4.78 is 70.4. The van der Waals surface area contributed by atoms with Gasteiger partial charge in [0.05, 0.1) is 29.1 Å². The van der Waals surface area contributed by atoms with Crippen molar-refractivity contribution in [3.63, 3.8) is 0 Å². The number of rotatable bonds is 15. The molecule has 0 aromatic rings. The summed E-state index contributed by atoms with van der Waals surface area (Å²) >= 11 is 36.7. The van der Waals surface area contributed by atoms with Gasteiger partial charge in [-0.05, 0) is 121 Å². The quantitative estimate of drug-likeness (QED) is 0.0857. The largest absolute Gasteiger partial charge is 0.449 e. The summed E-state index contributed by atoms with van der Waals surface area (Å²) in [6, 6.07) is -0.582. The van der Waals surface area contributed by atoms with Crippen molar-refractivity contribution in [1.82, 2.24) is 0 Å². The second kappa shape index (κ2) is 44.6. The van der Waals surface area contributed by atoms with Gasteiger partial charge in [0.2, 0.25) is 0 Å². The Kier molecular flexibility index (Phi) is 42.4. The molecule has 0 N–H and O–H groups in total. The molecule has 466 valence electrons.